The van der Waals surface area contributed by atoms with Crippen LogP contribution in [-0.4, -0.2) is 53.6 Å². The van der Waals surface area contributed by atoms with E-state index >= 15 is 0 Å². The number of aliphatic hydroxyl groups is 2. The maximum atomic E-state index is 13.7. The Balaban J connectivity index is 1.94. The van der Waals surface area contributed by atoms with E-state index in [0.717, 1.165) is 0 Å². The molecule has 1 aliphatic heterocycles. The standard InChI is InChI=1S/C15H21ClFNO3/c1-18(9-11-8-12(16)2-3-13(11)17)10-14(19)15(20)4-6-21-7-5-15/h2-3,8,14,19-20H,4-7,9-10H2,1H3. The zero-order valence-electron chi connectivity index (χ0n) is 12.1. The van der Waals surface area contributed by atoms with Crippen LogP contribution in [0.5, 0.6) is 0 Å². The minimum Gasteiger partial charge on any atom is -0.389 e. The van der Waals surface area contributed by atoms with Crippen molar-refractivity contribution in [2.45, 2.75) is 31.1 Å². The van der Waals surface area contributed by atoms with E-state index in [1.165, 1.54) is 12.1 Å². The van der Waals surface area contributed by atoms with Crippen molar-refractivity contribution in [2.24, 2.45) is 0 Å². The first-order chi connectivity index (χ1) is 9.90. The molecular weight excluding hydrogens is 297 g/mol. The summed E-state index contributed by atoms with van der Waals surface area (Å²) in [6, 6.07) is 4.40. The zero-order valence-corrected chi connectivity index (χ0v) is 12.8. The molecule has 1 aromatic carbocycles. The van der Waals surface area contributed by atoms with Crippen molar-refractivity contribution in [1.82, 2.24) is 4.90 Å². The normalized spacial score (nSPS) is 19.7. The third-order valence-corrected chi connectivity index (χ3v) is 4.15. The van der Waals surface area contributed by atoms with Gasteiger partial charge in [0.2, 0.25) is 0 Å². The highest BCUT2D eigenvalue weighted by molar-refractivity contribution is 6.30. The SMILES string of the molecule is CN(Cc1cc(Cl)ccc1F)CC(O)C1(O)CCOCC1. The van der Waals surface area contributed by atoms with Crippen molar-refractivity contribution in [3.8, 4) is 0 Å². The van der Waals surface area contributed by atoms with Crippen LogP contribution in [0, 0.1) is 5.82 Å². The molecule has 1 atom stereocenters. The van der Waals surface area contributed by atoms with Gasteiger partial charge in [-0.15, -0.1) is 0 Å². The van der Waals surface area contributed by atoms with Crippen LogP contribution in [0.4, 0.5) is 4.39 Å². The average molecular weight is 318 g/mol. The predicted molar refractivity (Wildman–Crippen MR) is 78.8 cm³/mol. The van der Waals surface area contributed by atoms with Crippen molar-refractivity contribution >= 4 is 11.6 Å². The lowest BCUT2D eigenvalue weighted by Crippen LogP contribution is -2.51. The number of halogens is 2. The van der Waals surface area contributed by atoms with E-state index in [4.69, 9.17) is 16.3 Å². The molecule has 0 aliphatic carbocycles. The number of aliphatic hydroxyl groups excluding tert-OH is 1. The summed E-state index contributed by atoms with van der Waals surface area (Å²) in [5.74, 6) is -0.328. The first kappa shape index (κ1) is 16.6. The molecule has 1 fully saturated rings. The van der Waals surface area contributed by atoms with Gasteiger partial charge in [-0.1, -0.05) is 11.6 Å². The monoisotopic (exact) mass is 317 g/mol. The summed E-state index contributed by atoms with van der Waals surface area (Å²) < 4.78 is 18.9. The summed E-state index contributed by atoms with van der Waals surface area (Å²) >= 11 is 5.86. The smallest absolute Gasteiger partial charge is 0.127 e. The van der Waals surface area contributed by atoms with Crippen LogP contribution in [-0.2, 0) is 11.3 Å². The summed E-state index contributed by atoms with van der Waals surface area (Å²) in [4.78, 5) is 1.77. The maximum Gasteiger partial charge on any atom is 0.127 e. The number of hydrogen-bond acceptors (Lipinski definition) is 4. The van der Waals surface area contributed by atoms with E-state index in [0.29, 0.717) is 43.2 Å². The molecule has 21 heavy (non-hydrogen) atoms. The van der Waals surface area contributed by atoms with Crippen LogP contribution in [0.25, 0.3) is 0 Å². The fraction of sp³-hybridized carbons (Fsp3) is 0.600. The molecule has 1 heterocycles. The van der Waals surface area contributed by atoms with Crippen LogP contribution in [0.3, 0.4) is 0 Å². The largest absolute Gasteiger partial charge is 0.389 e. The predicted octanol–water partition coefficient (Wildman–Crippen LogP) is 1.81. The molecule has 118 valence electrons. The highest BCUT2D eigenvalue weighted by Crippen LogP contribution is 2.25. The van der Waals surface area contributed by atoms with Crippen molar-refractivity contribution in [1.29, 1.82) is 0 Å². The van der Waals surface area contributed by atoms with Crippen LogP contribution in [0.15, 0.2) is 18.2 Å². The van der Waals surface area contributed by atoms with E-state index in [-0.39, 0.29) is 12.4 Å². The quantitative estimate of drug-likeness (QED) is 0.870. The van der Waals surface area contributed by atoms with E-state index in [1.54, 1.807) is 18.0 Å². The summed E-state index contributed by atoms with van der Waals surface area (Å²) in [7, 11) is 1.77. The number of ether oxygens (including phenoxy) is 1. The van der Waals surface area contributed by atoms with Gasteiger partial charge in [0.05, 0.1) is 11.7 Å². The number of likely N-dealkylation sites (N-methyl/N-ethyl adjacent to an activating group) is 1. The van der Waals surface area contributed by atoms with Crippen LogP contribution in [0.2, 0.25) is 5.02 Å². The lowest BCUT2D eigenvalue weighted by atomic mass is 9.88. The fourth-order valence-electron chi connectivity index (χ4n) is 2.54. The van der Waals surface area contributed by atoms with Crippen molar-refractivity contribution in [2.75, 3.05) is 26.8 Å². The minimum absolute atomic E-state index is 0.252. The van der Waals surface area contributed by atoms with E-state index < -0.39 is 11.7 Å². The molecule has 0 saturated carbocycles. The second-order valence-electron chi connectivity index (χ2n) is 5.66. The van der Waals surface area contributed by atoms with Crippen molar-refractivity contribution in [3.63, 3.8) is 0 Å². The lowest BCUT2D eigenvalue weighted by Gasteiger charge is -2.37. The molecule has 0 aromatic heterocycles. The van der Waals surface area contributed by atoms with Gasteiger partial charge in [-0.3, -0.25) is 4.90 Å². The van der Waals surface area contributed by atoms with E-state index in [9.17, 15) is 14.6 Å². The third kappa shape index (κ3) is 4.37. The second kappa shape index (κ2) is 7.03. The Kier molecular flexibility index (Phi) is 5.57. The molecule has 0 radical (unpaired) electrons. The molecule has 2 N–H and O–H groups in total. The highest BCUT2D eigenvalue weighted by Gasteiger charge is 2.37. The molecule has 0 bridgehead atoms. The van der Waals surface area contributed by atoms with Gasteiger partial charge < -0.3 is 14.9 Å². The Labute approximate surface area is 129 Å². The molecule has 0 spiro atoms. The molecule has 1 aromatic rings. The molecular formula is C15H21ClFNO3. The molecule has 4 nitrogen and oxygen atoms in total. The van der Waals surface area contributed by atoms with Gasteiger partial charge in [-0.05, 0) is 25.2 Å². The lowest BCUT2D eigenvalue weighted by molar-refractivity contribution is -0.137. The Hall–Kier alpha value is -0.720. The maximum absolute atomic E-state index is 13.7. The molecule has 1 aliphatic rings. The Morgan fingerprint density at radius 2 is 2.10 bits per heavy atom. The van der Waals surface area contributed by atoms with Crippen molar-refractivity contribution in [3.05, 3.63) is 34.6 Å². The number of benzene rings is 1. The first-order valence-electron chi connectivity index (χ1n) is 7.01. The zero-order chi connectivity index (χ0) is 15.5. The van der Waals surface area contributed by atoms with Gasteiger partial charge in [-0.2, -0.15) is 0 Å². The number of nitrogens with zero attached hydrogens (tertiary/aromatic N) is 1. The average Bonchev–Trinajstić information content (AvgIpc) is 2.43. The van der Waals surface area contributed by atoms with Gasteiger partial charge in [0.25, 0.3) is 0 Å². The minimum atomic E-state index is -1.13. The first-order valence-corrected chi connectivity index (χ1v) is 7.39. The Morgan fingerprint density at radius 1 is 1.43 bits per heavy atom. The Morgan fingerprint density at radius 3 is 2.76 bits per heavy atom. The van der Waals surface area contributed by atoms with Gasteiger partial charge in [0, 0.05) is 49.7 Å². The van der Waals surface area contributed by atoms with Crippen LogP contribution < -0.4 is 0 Å². The van der Waals surface area contributed by atoms with Gasteiger partial charge in [0.1, 0.15) is 5.82 Å². The highest BCUT2D eigenvalue weighted by atomic mass is 35.5. The summed E-state index contributed by atoms with van der Waals surface area (Å²) in [5.41, 5.74) is -0.657. The number of rotatable bonds is 5. The second-order valence-corrected chi connectivity index (χ2v) is 6.10. The topological polar surface area (TPSA) is 52.9 Å². The van der Waals surface area contributed by atoms with Gasteiger partial charge >= 0.3 is 0 Å². The molecule has 1 saturated heterocycles. The summed E-state index contributed by atoms with van der Waals surface area (Å²) in [5, 5.41) is 21.1. The van der Waals surface area contributed by atoms with Gasteiger partial charge in [-0.25, -0.2) is 4.39 Å². The number of hydrogen-bond donors (Lipinski definition) is 2. The molecule has 6 heteroatoms. The molecule has 0 amide bonds. The fourth-order valence-corrected chi connectivity index (χ4v) is 2.74. The van der Waals surface area contributed by atoms with Crippen LogP contribution >= 0.6 is 11.6 Å². The van der Waals surface area contributed by atoms with E-state index in [2.05, 4.69) is 0 Å². The van der Waals surface area contributed by atoms with Gasteiger partial charge in [0.15, 0.2) is 0 Å². The summed E-state index contributed by atoms with van der Waals surface area (Å²) in [6.45, 7) is 1.46. The van der Waals surface area contributed by atoms with Crippen LogP contribution in [0.1, 0.15) is 18.4 Å². The Bertz CT molecular complexity index is 480. The van der Waals surface area contributed by atoms with E-state index in [1.807, 2.05) is 0 Å². The molecule has 2 rings (SSSR count). The summed E-state index contributed by atoms with van der Waals surface area (Å²) in [6.07, 6.45) is -0.0743. The van der Waals surface area contributed by atoms with Crippen molar-refractivity contribution < 1.29 is 19.3 Å². The third-order valence-electron chi connectivity index (χ3n) is 3.91. The molecule has 1 unspecified atom stereocenters.